The van der Waals surface area contributed by atoms with Crippen LogP contribution < -0.4 is 5.32 Å². The highest BCUT2D eigenvalue weighted by molar-refractivity contribution is 6.28. The predicted molar refractivity (Wildman–Crippen MR) is 106 cm³/mol. The number of halogens is 1. The largest absolute Gasteiger partial charge is 0.374 e. The van der Waals surface area contributed by atoms with E-state index in [9.17, 15) is 0 Å². The highest BCUT2D eigenvalue weighted by Gasteiger charge is 2.19. The number of hydrogen-bond donors (Lipinski definition) is 1. The van der Waals surface area contributed by atoms with Crippen molar-refractivity contribution in [2.45, 2.75) is 64.9 Å². The Morgan fingerprint density at radius 3 is 2.56 bits per heavy atom. The standard InChI is InChI=1S/C20H30ClN3O/c1-4-5-6-7-8-11-14-25-20(2,3)15-22-18-16-12-9-10-13-17(16)23-19(21)24-18/h9-10,12-13H,4-8,11,14-15H2,1-3H3,(H,22,23,24). The highest BCUT2D eigenvalue weighted by Crippen LogP contribution is 2.23. The van der Waals surface area contributed by atoms with Crippen LogP contribution in [-0.2, 0) is 4.74 Å². The fourth-order valence-corrected chi connectivity index (χ4v) is 2.94. The van der Waals surface area contributed by atoms with Crippen LogP contribution in [0.2, 0.25) is 5.28 Å². The molecule has 1 aromatic carbocycles. The van der Waals surface area contributed by atoms with E-state index in [4.69, 9.17) is 16.3 Å². The molecule has 2 aromatic rings. The molecule has 0 saturated heterocycles. The number of benzene rings is 1. The van der Waals surface area contributed by atoms with Gasteiger partial charge in [-0.15, -0.1) is 0 Å². The zero-order chi connectivity index (χ0) is 18.1. The summed E-state index contributed by atoms with van der Waals surface area (Å²) in [5.41, 5.74) is 0.581. The van der Waals surface area contributed by atoms with Gasteiger partial charge in [0.2, 0.25) is 5.28 Å². The minimum absolute atomic E-state index is 0.256. The van der Waals surface area contributed by atoms with Crippen LogP contribution in [-0.4, -0.2) is 28.7 Å². The van der Waals surface area contributed by atoms with E-state index in [1.54, 1.807) is 0 Å². The van der Waals surface area contributed by atoms with Crippen LogP contribution in [0, 0.1) is 0 Å². The van der Waals surface area contributed by atoms with Crippen molar-refractivity contribution >= 4 is 28.3 Å². The van der Waals surface area contributed by atoms with Gasteiger partial charge >= 0.3 is 0 Å². The van der Waals surface area contributed by atoms with Gasteiger partial charge in [0, 0.05) is 18.5 Å². The first-order valence-electron chi connectivity index (χ1n) is 9.32. The number of rotatable bonds is 11. The van der Waals surface area contributed by atoms with Gasteiger partial charge < -0.3 is 10.1 Å². The van der Waals surface area contributed by atoms with Crippen molar-refractivity contribution in [1.29, 1.82) is 0 Å². The van der Waals surface area contributed by atoms with Crippen LogP contribution >= 0.6 is 11.6 Å². The summed E-state index contributed by atoms with van der Waals surface area (Å²) in [6.45, 7) is 7.91. The van der Waals surface area contributed by atoms with Gasteiger partial charge in [-0.05, 0) is 44.0 Å². The number of unbranched alkanes of at least 4 members (excludes halogenated alkanes) is 5. The summed E-state index contributed by atoms with van der Waals surface area (Å²) in [7, 11) is 0. The molecule has 0 amide bonds. The Bertz CT molecular complexity index is 660. The maximum absolute atomic E-state index is 6.06. The third kappa shape index (κ3) is 6.79. The molecule has 0 saturated carbocycles. The molecule has 2 rings (SSSR count). The second-order valence-corrected chi connectivity index (χ2v) is 7.43. The molecule has 1 N–H and O–H groups in total. The van der Waals surface area contributed by atoms with Crippen molar-refractivity contribution in [1.82, 2.24) is 9.97 Å². The number of hydrogen-bond acceptors (Lipinski definition) is 4. The molecule has 0 bridgehead atoms. The van der Waals surface area contributed by atoms with Gasteiger partial charge in [0.15, 0.2) is 0 Å². The second-order valence-electron chi connectivity index (χ2n) is 7.09. The van der Waals surface area contributed by atoms with Crippen molar-refractivity contribution in [3.05, 3.63) is 29.5 Å². The van der Waals surface area contributed by atoms with Crippen molar-refractivity contribution in [2.24, 2.45) is 0 Å². The molecule has 1 aromatic heterocycles. The van der Waals surface area contributed by atoms with Crippen LogP contribution in [0.5, 0.6) is 0 Å². The summed E-state index contributed by atoms with van der Waals surface area (Å²) in [5.74, 6) is 0.756. The molecule has 0 aliphatic rings. The van der Waals surface area contributed by atoms with E-state index < -0.39 is 0 Å². The van der Waals surface area contributed by atoms with Crippen LogP contribution in [0.1, 0.15) is 59.3 Å². The highest BCUT2D eigenvalue weighted by atomic mass is 35.5. The average molecular weight is 364 g/mol. The minimum atomic E-state index is -0.262. The molecule has 0 aliphatic heterocycles. The number of nitrogens with zero attached hydrogens (tertiary/aromatic N) is 2. The number of para-hydroxylation sites is 1. The van der Waals surface area contributed by atoms with E-state index >= 15 is 0 Å². The lowest BCUT2D eigenvalue weighted by molar-refractivity contribution is -0.00913. The van der Waals surface area contributed by atoms with E-state index in [0.717, 1.165) is 29.7 Å². The maximum Gasteiger partial charge on any atom is 0.224 e. The first-order chi connectivity index (χ1) is 12.0. The molecule has 1 heterocycles. The maximum atomic E-state index is 6.06. The fraction of sp³-hybridized carbons (Fsp3) is 0.600. The molecule has 5 heteroatoms. The van der Waals surface area contributed by atoms with E-state index in [-0.39, 0.29) is 10.9 Å². The molecular formula is C20H30ClN3O. The number of anilines is 1. The van der Waals surface area contributed by atoms with E-state index in [1.807, 2.05) is 24.3 Å². The van der Waals surface area contributed by atoms with E-state index in [2.05, 4.69) is 36.1 Å². The molecular weight excluding hydrogens is 334 g/mol. The summed E-state index contributed by atoms with van der Waals surface area (Å²) in [6, 6.07) is 7.86. The predicted octanol–water partition coefficient (Wildman–Crippen LogP) is 5.85. The molecule has 0 aliphatic carbocycles. The van der Waals surface area contributed by atoms with E-state index in [1.165, 1.54) is 32.1 Å². The normalized spacial score (nSPS) is 11.8. The Labute approximate surface area is 156 Å². The van der Waals surface area contributed by atoms with Crippen LogP contribution in [0.15, 0.2) is 24.3 Å². The lowest BCUT2D eigenvalue weighted by Gasteiger charge is -2.26. The summed E-state index contributed by atoms with van der Waals surface area (Å²) < 4.78 is 6.06. The lowest BCUT2D eigenvalue weighted by atomic mass is 10.1. The van der Waals surface area contributed by atoms with Gasteiger partial charge in [-0.3, -0.25) is 0 Å². The minimum Gasteiger partial charge on any atom is -0.374 e. The van der Waals surface area contributed by atoms with Gasteiger partial charge in [-0.25, -0.2) is 9.97 Å². The molecule has 0 unspecified atom stereocenters. The third-order valence-corrected chi connectivity index (χ3v) is 4.42. The summed E-state index contributed by atoms with van der Waals surface area (Å²) in [5, 5.41) is 4.60. The second kappa shape index (κ2) is 9.93. The topological polar surface area (TPSA) is 47.0 Å². The van der Waals surface area contributed by atoms with Gasteiger partial charge in [0.05, 0.1) is 11.1 Å². The average Bonchev–Trinajstić information content (AvgIpc) is 2.59. The number of ether oxygens (including phenoxy) is 1. The zero-order valence-corrected chi connectivity index (χ0v) is 16.4. The molecule has 0 atom stereocenters. The molecule has 4 nitrogen and oxygen atoms in total. The smallest absolute Gasteiger partial charge is 0.224 e. The van der Waals surface area contributed by atoms with Crippen molar-refractivity contribution in [2.75, 3.05) is 18.5 Å². The van der Waals surface area contributed by atoms with Gasteiger partial charge in [0.1, 0.15) is 5.82 Å². The first-order valence-corrected chi connectivity index (χ1v) is 9.70. The van der Waals surface area contributed by atoms with Crippen LogP contribution in [0.3, 0.4) is 0 Å². The monoisotopic (exact) mass is 363 g/mol. The van der Waals surface area contributed by atoms with E-state index in [0.29, 0.717) is 6.54 Å². The van der Waals surface area contributed by atoms with Gasteiger partial charge in [-0.1, -0.05) is 51.2 Å². The fourth-order valence-electron chi connectivity index (χ4n) is 2.76. The quantitative estimate of drug-likeness (QED) is 0.401. The summed E-state index contributed by atoms with van der Waals surface area (Å²) in [4.78, 5) is 8.59. The van der Waals surface area contributed by atoms with Gasteiger partial charge in [-0.2, -0.15) is 0 Å². The summed E-state index contributed by atoms with van der Waals surface area (Å²) in [6.07, 6.45) is 7.64. The summed E-state index contributed by atoms with van der Waals surface area (Å²) >= 11 is 6.03. The molecule has 25 heavy (non-hydrogen) atoms. The third-order valence-electron chi connectivity index (χ3n) is 4.25. The number of fused-ring (bicyclic) bond motifs is 1. The SMILES string of the molecule is CCCCCCCCOC(C)(C)CNc1nc(Cl)nc2ccccc12. The molecule has 0 radical (unpaired) electrons. The Kier molecular flexibility index (Phi) is 7.91. The van der Waals surface area contributed by atoms with Crippen molar-refractivity contribution < 1.29 is 4.74 Å². The molecule has 0 spiro atoms. The molecule has 0 fully saturated rings. The van der Waals surface area contributed by atoms with Crippen molar-refractivity contribution in [3.63, 3.8) is 0 Å². The zero-order valence-electron chi connectivity index (χ0n) is 15.6. The van der Waals surface area contributed by atoms with Crippen LogP contribution in [0.4, 0.5) is 5.82 Å². The van der Waals surface area contributed by atoms with Crippen molar-refractivity contribution in [3.8, 4) is 0 Å². The Balaban J connectivity index is 1.81. The number of nitrogens with one attached hydrogen (secondary N) is 1. The molecule has 138 valence electrons. The lowest BCUT2D eigenvalue weighted by Crippen LogP contribution is -2.34. The Morgan fingerprint density at radius 1 is 1.04 bits per heavy atom. The van der Waals surface area contributed by atoms with Crippen LogP contribution in [0.25, 0.3) is 10.9 Å². The Hall–Kier alpha value is -1.39. The number of aromatic nitrogens is 2. The van der Waals surface area contributed by atoms with Gasteiger partial charge in [0.25, 0.3) is 0 Å². The first kappa shape index (κ1) is 19.9. The Morgan fingerprint density at radius 2 is 1.76 bits per heavy atom.